The van der Waals surface area contributed by atoms with Crippen LogP contribution in [0.1, 0.15) is 25.3 Å². The molecule has 1 aromatic carbocycles. The number of carbonyl (C=O) groups is 1. The lowest BCUT2D eigenvalue weighted by molar-refractivity contribution is -0.116. The van der Waals surface area contributed by atoms with Crippen LogP contribution in [0.15, 0.2) is 23.2 Å². The lowest BCUT2D eigenvalue weighted by atomic mass is 10.2. The van der Waals surface area contributed by atoms with Crippen LogP contribution < -0.4 is 16.0 Å². The first-order valence-corrected chi connectivity index (χ1v) is 10.8. The van der Waals surface area contributed by atoms with Gasteiger partial charge in [-0.2, -0.15) is 0 Å². The molecule has 1 unspecified atom stereocenters. The van der Waals surface area contributed by atoms with Crippen LogP contribution in [0.4, 0.5) is 5.69 Å². The summed E-state index contributed by atoms with van der Waals surface area (Å²) in [6, 6.07) is 5.22. The summed E-state index contributed by atoms with van der Waals surface area (Å²) in [7, 11) is -2.95. The normalized spacial score (nSPS) is 18.5. The molecule has 152 valence electrons. The van der Waals surface area contributed by atoms with Crippen molar-refractivity contribution in [1.82, 2.24) is 10.6 Å². The molecule has 1 atom stereocenters. The molecule has 0 aromatic heterocycles. The largest absolute Gasteiger partial charge is 0.357 e. The summed E-state index contributed by atoms with van der Waals surface area (Å²) >= 11 is 6.05. The number of rotatable bonds is 6. The molecule has 0 radical (unpaired) electrons. The number of amides is 1. The molecule has 1 aliphatic heterocycles. The van der Waals surface area contributed by atoms with Gasteiger partial charge < -0.3 is 16.0 Å². The first-order valence-electron chi connectivity index (χ1n) is 8.61. The average molecular weight is 529 g/mol. The fraction of sp³-hybridized carbons (Fsp3) is 0.529. The number of carbonyl (C=O) groups excluding carboxylic acids is 1. The molecule has 0 saturated carbocycles. The average Bonchev–Trinajstić information content (AvgIpc) is 2.90. The number of guanidine groups is 1. The fourth-order valence-corrected chi connectivity index (χ4v) is 4.49. The van der Waals surface area contributed by atoms with Crippen molar-refractivity contribution in [2.75, 3.05) is 29.9 Å². The highest BCUT2D eigenvalue weighted by Gasteiger charge is 2.28. The highest BCUT2D eigenvalue weighted by molar-refractivity contribution is 14.0. The minimum absolute atomic E-state index is 0. The summed E-state index contributed by atoms with van der Waals surface area (Å²) in [6.07, 6.45) is 0.784. The zero-order chi connectivity index (χ0) is 19.2. The Morgan fingerprint density at radius 3 is 2.74 bits per heavy atom. The van der Waals surface area contributed by atoms with Crippen LogP contribution in [0.5, 0.6) is 0 Å². The van der Waals surface area contributed by atoms with E-state index in [0.29, 0.717) is 36.2 Å². The zero-order valence-corrected chi connectivity index (χ0v) is 19.3. The Labute approximate surface area is 182 Å². The van der Waals surface area contributed by atoms with Crippen molar-refractivity contribution in [3.05, 3.63) is 28.8 Å². The summed E-state index contributed by atoms with van der Waals surface area (Å²) in [5.41, 5.74) is 1.51. The molecule has 3 N–H and O–H groups in total. The maximum absolute atomic E-state index is 12.1. The maximum atomic E-state index is 12.1. The third-order valence-corrected chi connectivity index (χ3v) is 6.25. The Morgan fingerprint density at radius 1 is 1.37 bits per heavy atom. The number of aliphatic imine (C=N–C) groups is 1. The zero-order valence-electron chi connectivity index (χ0n) is 15.4. The van der Waals surface area contributed by atoms with Gasteiger partial charge in [-0.25, -0.2) is 8.42 Å². The van der Waals surface area contributed by atoms with Gasteiger partial charge in [-0.1, -0.05) is 17.7 Å². The molecule has 1 saturated heterocycles. The van der Waals surface area contributed by atoms with E-state index >= 15 is 0 Å². The summed E-state index contributed by atoms with van der Waals surface area (Å²) in [5, 5.41) is 9.63. The van der Waals surface area contributed by atoms with E-state index < -0.39 is 9.84 Å². The van der Waals surface area contributed by atoms with Crippen molar-refractivity contribution in [2.45, 2.75) is 32.7 Å². The Morgan fingerprint density at radius 2 is 2.11 bits per heavy atom. The van der Waals surface area contributed by atoms with E-state index in [-0.39, 0.29) is 53.9 Å². The van der Waals surface area contributed by atoms with E-state index in [2.05, 4.69) is 20.9 Å². The Hall–Kier alpha value is -1.07. The lowest BCUT2D eigenvalue weighted by Crippen LogP contribution is -2.44. The van der Waals surface area contributed by atoms with E-state index in [1.54, 1.807) is 18.2 Å². The quantitative estimate of drug-likeness (QED) is 0.299. The third kappa shape index (κ3) is 7.82. The summed E-state index contributed by atoms with van der Waals surface area (Å²) < 4.78 is 23.1. The smallest absolute Gasteiger partial charge is 0.226 e. The van der Waals surface area contributed by atoms with Crippen molar-refractivity contribution in [3.63, 3.8) is 0 Å². The molecule has 1 fully saturated rings. The highest BCUT2D eigenvalue weighted by Crippen LogP contribution is 2.22. The number of anilines is 1. The molecule has 10 heteroatoms. The van der Waals surface area contributed by atoms with Gasteiger partial charge in [-0.15, -0.1) is 24.0 Å². The Balaban J connectivity index is 0.00000364. The van der Waals surface area contributed by atoms with Crippen LogP contribution in [-0.2, 0) is 14.6 Å². The third-order valence-electron chi connectivity index (χ3n) is 4.07. The second-order valence-electron chi connectivity index (χ2n) is 6.22. The number of benzene rings is 1. The minimum Gasteiger partial charge on any atom is -0.357 e. The molecule has 27 heavy (non-hydrogen) atoms. The SMILES string of the molecule is CCNC(=NCCC(=O)Nc1cccc(Cl)c1C)NC1CCS(=O)(=O)C1.I. The predicted molar refractivity (Wildman–Crippen MR) is 121 cm³/mol. The molecule has 7 nitrogen and oxygen atoms in total. The monoisotopic (exact) mass is 528 g/mol. The molecule has 1 amide bonds. The molecular formula is C17H26ClIN4O3S. The van der Waals surface area contributed by atoms with Crippen molar-refractivity contribution >= 4 is 63.0 Å². The van der Waals surface area contributed by atoms with Gasteiger partial charge in [-0.05, 0) is 38.0 Å². The number of nitrogens with zero attached hydrogens (tertiary/aromatic N) is 1. The summed E-state index contributed by atoms with van der Waals surface area (Å²) in [6.45, 7) is 4.72. The van der Waals surface area contributed by atoms with Crippen molar-refractivity contribution in [3.8, 4) is 0 Å². The summed E-state index contributed by atoms with van der Waals surface area (Å²) in [5.74, 6) is 0.692. The van der Waals surface area contributed by atoms with Crippen LogP contribution in [-0.4, -0.2) is 50.9 Å². The first kappa shape index (κ1) is 24.0. The Bertz CT molecular complexity index is 786. The van der Waals surface area contributed by atoms with E-state index in [9.17, 15) is 13.2 Å². The van der Waals surface area contributed by atoms with Crippen LogP contribution in [0.2, 0.25) is 5.02 Å². The van der Waals surface area contributed by atoms with E-state index in [1.807, 2.05) is 13.8 Å². The second kappa shape index (κ2) is 11.1. The molecule has 1 heterocycles. The molecule has 0 bridgehead atoms. The predicted octanol–water partition coefficient (Wildman–Crippen LogP) is 2.34. The molecular weight excluding hydrogens is 503 g/mol. The number of hydrogen-bond acceptors (Lipinski definition) is 4. The van der Waals surface area contributed by atoms with E-state index in [4.69, 9.17) is 11.6 Å². The molecule has 1 aliphatic rings. The molecule has 0 aliphatic carbocycles. The number of nitrogens with one attached hydrogen (secondary N) is 3. The minimum atomic E-state index is -2.95. The van der Waals surface area contributed by atoms with Crippen LogP contribution >= 0.6 is 35.6 Å². The first-order chi connectivity index (χ1) is 12.3. The van der Waals surface area contributed by atoms with E-state index in [0.717, 1.165) is 5.56 Å². The van der Waals surface area contributed by atoms with Gasteiger partial charge >= 0.3 is 0 Å². The van der Waals surface area contributed by atoms with Crippen LogP contribution in [0.3, 0.4) is 0 Å². The molecule has 1 aromatic rings. The topological polar surface area (TPSA) is 99.7 Å². The number of hydrogen-bond donors (Lipinski definition) is 3. The van der Waals surface area contributed by atoms with Crippen molar-refractivity contribution in [2.24, 2.45) is 4.99 Å². The van der Waals surface area contributed by atoms with Gasteiger partial charge in [0.15, 0.2) is 15.8 Å². The van der Waals surface area contributed by atoms with Gasteiger partial charge in [0.1, 0.15) is 0 Å². The van der Waals surface area contributed by atoms with Crippen molar-refractivity contribution in [1.29, 1.82) is 0 Å². The summed E-state index contributed by atoms with van der Waals surface area (Å²) in [4.78, 5) is 16.5. The standard InChI is InChI=1S/C17H25ClN4O3S.HI/c1-3-19-17(21-13-8-10-26(24,25)11-13)20-9-7-16(23)22-15-6-4-5-14(18)12(15)2;/h4-6,13H,3,7-11H2,1-2H3,(H,22,23)(H2,19,20,21);1H. The second-order valence-corrected chi connectivity index (χ2v) is 8.85. The van der Waals surface area contributed by atoms with Gasteiger partial charge in [0.05, 0.1) is 18.1 Å². The van der Waals surface area contributed by atoms with Crippen LogP contribution in [0.25, 0.3) is 0 Å². The number of sulfone groups is 1. The maximum Gasteiger partial charge on any atom is 0.226 e. The van der Waals surface area contributed by atoms with Gasteiger partial charge in [0, 0.05) is 29.7 Å². The fourth-order valence-electron chi connectivity index (χ4n) is 2.65. The Kier molecular flexibility index (Phi) is 9.82. The lowest BCUT2D eigenvalue weighted by Gasteiger charge is -2.15. The van der Waals surface area contributed by atoms with Gasteiger partial charge in [0.25, 0.3) is 0 Å². The molecule has 2 rings (SSSR count). The van der Waals surface area contributed by atoms with Gasteiger partial charge in [-0.3, -0.25) is 9.79 Å². The van der Waals surface area contributed by atoms with Gasteiger partial charge in [0.2, 0.25) is 5.91 Å². The van der Waals surface area contributed by atoms with Crippen LogP contribution in [0, 0.1) is 6.92 Å². The van der Waals surface area contributed by atoms with E-state index in [1.165, 1.54) is 0 Å². The highest BCUT2D eigenvalue weighted by atomic mass is 127. The van der Waals surface area contributed by atoms with Crippen molar-refractivity contribution < 1.29 is 13.2 Å². The molecule has 0 spiro atoms. The number of halogens is 2.